The second kappa shape index (κ2) is 7.74. The van der Waals surface area contributed by atoms with Crippen molar-refractivity contribution in [2.24, 2.45) is 11.7 Å². The molecule has 18 heavy (non-hydrogen) atoms. The third-order valence-corrected chi connectivity index (χ3v) is 3.60. The average molecular weight is 256 g/mol. The molecule has 1 aliphatic rings. The van der Waals surface area contributed by atoms with Gasteiger partial charge in [0, 0.05) is 25.6 Å². The van der Waals surface area contributed by atoms with E-state index >= 15 is 0 Å². The fraction of sp³-hybridized carbons (Fsp3) is 0.929. The summed E-state index contributed by atoms with van der Waals surface area (Å²) in [6, 6.07) is 0.270. The molecule has 0 unspecified atom stereocenters. The number of hydrogen-bond acceptors (Lipinski definition) is 3. The van der Waals surface area contributed by atoms with Gasteiger partial charge in [-0.25, -0.2) is 0 Å². The largest absolute Gasteiger partial charge is 0.378 e. The van der Waals surface area contributed by atoms with Crippen molar-refractivity contribution >= 4 is 5.91 Å². The van der Waals surface area contributed by atoms with Gasteiger partial charge in [-0.2, -0.15) is 0 Å². The first kappa shape index (κ1) is 15.4. The Morgan fingerprint density at radius 1 is 1.44 bits per heavy atom. The molecule has 0 spiro atoms. The predicted molar refractivity (Wildman–Crippen MR) is 73.3 cm³/mol. The van der Waals surface area contributed by atoms with E-state index in [1.54, 1.807) is 0 Å². The summed E-state index contributed by atoms with van der Waals surface area (Å²) in [5.74, 6) is 0.798. The molecule has 106 valence electrons. The number of ether oxygens (including phenoxy) is 1. The van der Waals surface area contributed by atoms with Gasteiger partial charge in [-0.3, -0.25) is 4.79 Å². The molecular formula is C14H28N2O2. The molecule has 0 radical (unpaired) electrons. The van der Waals surface area contributed by atoms with Crippen molar-refractivity contribution in [2.45, 2.75) is 58.6 Å². The molecule has 0 aliphatic heterocycles. The van der Waals surface area contributed by atoms with Crippen LogP contribution in [0.2, 0.25) is 0 Å². The first-order chi connectivity index (χ1) is 8.58. The second-order valence-electron chi connectivity index (χ2n) is 5.44. The normalized spacial score (nSPS) is 22.9. The standard InChI is InChI=1S/C14H28N2O2/c1-4-18-13-8-12(9-13)10-14(17)16(11(2)3)7-5-6-15/h11-13H,4-10,15H2,1-3H3. The third-order valence-electron chi connectivity index (χ3n) is 3.60. The van der Waals surface area contributed by atoms with Gasteiger partial charge in [0.15, 0.2) is 0 Å². The molecule has 0 saturated heterocycles. The fourth-order valence-electron chi connectivity index (χ4n) is 2.51. The molecule has 1 saturated carbocycles. The van der Waals surface area contributed by atoms with E-state index in [1.807, 2.05) is 11.8 Å². The number of amides is 1. The summed E-state index contributed by atoms with van der Waals surface area (Å²) in [5, 5.41) is 0. The minimum absolute atomic E-state index is 0.270. The van der Waals surface area contributed by atoms with E-state index in [9.17, 15) is 4.79 Å². The summed E-state index contributed by atoms with van der Waals surface area (Å²) < 4.78 is 5.52. The molecule has 1 aliphatic carbocycles. The highest BCUT2D eigenvalue weighted by molar-refractivity contribution is 5.76. The van der Waals surface area contributed by atoms with Crippen LogP contribution in [-0.4, -0.2) is 42.6 Å². The molecule has 0 heterocycles. The van der Waals surface area contributed by atoms with Gasteiger partial charge in [0.2, 0.25) is 5.91 Å². The van der Waals surface area contributed by atoms with E-state index in [0.717, 1.165) is 32.4 Å². The molecule has 2 N–H and O–H groups in total. The lowest BCUT2D eigenvalue weighted by atomic mass is 9.79. The second-order valence-corrected chi connectivity index (χ2v) is 5.44. The molecule has 0 bridgehead atoms. The highest BCUT2D eigenvalue weighted by Crippen LogP contribution is 2.33. The van der Waals surface area contributed by atoms with Crippen LogP contribution in [-0.2, 0) is 9.53 Å². The van der Waals surface area contributed by atoms with Gasteiger partial charge < -0.3 is 15.4 Å². The van der Waals surface area contributed by atoms with E-state index in [-0.39, 0.29) is 11.9 Å². The lowest BCUT2D eigenvalue weighted by Crippen LogP contribution is -2.41. The van der Waals surface area contributed by atoms with Crippen molar-refractivity contribution in [3.8, 4) is 0 Å². The Hall–Kier alpha value is -0.610. The Labute approximate surface area is 111 Å². The topological polar surface area (TPSA) is 55.6 Å². The Morgan fingerprint density at radius 3 is 2.61 bits per heavy atom. The molecule has 1 amide bonds. The van der Waals surface area contributed by atoms with Crippen LogP contribution in [0.15, 0.2) is 0 Å². The number of rotatable bonds is 8. The zero-order chi connectivity index (χ0) is 13.5. The van der Waals surface area contributed by atoms with Crippen molar-refractivity contribution < 1.29 is 9.53 Å². The van der Waals surface area contributed by atoms with Gasteiger partial charge in [-0.1, -0.05) is 0 Å². The molecule has 0 atom stereocenters. The number of carbonyl (C=O) groups is 1. The quantitative estimate of drug-likeness (QED) is 0.720. The number of nitrogens with zero attached hydrogens (tertiary/aromatic N) is 1. The SMILES string of the molecule is CCOC1CC(CC(=O)N(CCCN)C(C)C)C1. The van der Waals surface area contributed by atoms with Crippen molar-refractivity contribution in [3.63, 3.8) is 0 Å². The predicted octanol–water partition coefficient (Wildman–Crippen LogP) is 1.78. The van der Waals surface area contributed by atoms with Crippen molar-refractivity contribution in [2.75, 3.05) is 19.7 Å². The van der Waals surface area contributed by atoms with Crippen LogP contribution in [0.5, 0.6) is 0 Å². The monoisotopic (exact) mass is 256 g/mol. The van der Waals surface area contributed by atoms with Gasteiger partial charge in [-0.05, 0) is 52.5 Å². The first-order valence-corrected chi connectivity index (χ1v) is 7.19. The van der Waals surface area contributed by atoms with Crippen LogP contribution < -0.4 is 5.73 Å². The van der Waals surface area contributed by atoms with E-state index in [1.165, 1.54) is 0 Å². The van der Waals surface area contributed by atoms with Crippen LogP contribution >= 0.6 is 0 Å². The van der Waals surface area contributed by atoms with Crippen molar-refractivity contribution in [1.82, 2.24) is 4.90 Å². The molecule has 1 rings (SSSR count). The Bertz CT molecular complexity index is 250. The highest BCUT2D eigenvalue weighted by atomic mass is 16.5. The average Bonchev–Trinajstić information content (AvgIpc) is 2.26. The summed E-state index contributed by atoms with van der Waals surface area (Å²) in [7, 11) is 0. The summed E-state index contributed by atoms with van der Waals surface area (Å²) >= 11 is 0. The molecule has 1 fully saturated rings. The maximum Gasteiger partial charge on any atom is 0.223 e. The number of hydrogen-bond donors (Lipinski definition) is 1. The van der Waals surface area contributed by atoms with Gasteiger partial charge in [0.25, 0.3) is 0 Å². The van der Waals surface area contributed by atoms with Gasteiger partial charge >= 0.3 is 0 Å². The fourth-order valence-corrected chi connectivity index (χ4v) is 2.51. The molecule has 4 heteroatoms. The smallest absolute Gasteiger partial charge is 0.223 e. The maximum atomic E-state index is 12.2. The molecule has 4 nitrogen and oxygen atoms in total. The minimum Gasteiger partial charge on any atom is -0.378 e. The van der Waals surface area contributed by atoms with E-state index in [2.05, 4.69) is 13.8 Å². The summed E-state index contributed by atoms with van der Waals surface area (Å²) in [5.41, 5.74) is 5.51. The van der Waals surface area contributed by atoms with Crippen molar-refractivity contribution in [3.05, 3.63) is 0 Å². The zero-order valence-electron chi connectivity index (χ0n) is 12.0. The van der Waals surface area contributed by atoms with E-state index in [0.29, 0.717) is 25.0 Å². The van der Waals surface area contributed by atoms with Gasteiger partial charge in [0.05, 0.1) is 6.10 Å². The molecule has 0 aromatic heterocycles. The first-order valence-electron chi connectivity index (χ1n) is 7.19. The molecule has 0 aromatic carbocycles. The summed E-state index contributed by atoms with van der Waals surface area (Å²) in [6.07, 6.45) is 4.04. The minimum atomic E-state index is 0.270. The highest BCUT2D eigenvalue weighted by Gasteiger charge is 2.32. The lowest BCUT2D eigenvalue weighted by Gasteiger charge is -2.36. The Balaban J connectivity index is 2.29. The van der Waals surface area contributed by atoms with Crippen LogP contribution in [0.3, 0.4) is 0 Å². The Morgan fingerprint density at radius 2 is 2.11 bits per heavy atom. The number of nitrogens with two attached hydrogens (primary N) is 1. The summed E-state index contributed by atoms with van der Waals surface area (Å²) in [6.45, 7) is 8.36. The Kier molecular flexibility index (Phi) is 6.65. The van der Waals surface area contributed by atoms with Crippen LogP contribution in [0.4, 0.5) is 0 Å². The van der Waals surface area contributed by atoms with E-state index in [4.69, 9.17) is 10.5 Å². The van der Waals surface area contributed by atoms with Crippen LogP contribution in [0.1, 0.15) is 46.5 Å². The van der Waals surface area contributed by atoms with E-state index < -0.39 is 0 Å². The third kappa shape index (κ3) is 4.58. The molecular weight excluding hydrogens is 228 g/mol. The summed E-state index contributed by atoms with van der Waals surface area (Å²) in [4.78, 5) is 14.2. The maximum absolute atomic E-state index is 12.2. The van der Waals surface area contributed by atoms with Gasteiger partial charge in [-0.15, -0.1) is 0 Å². The van der Waals surface area contributed by atoms with Gasteiger partial charge in [0.1, 0.15) is 0 Å². The van der Waals surface area contributed by atoms with Crippen LogP contribution in [0.25, 0.3) is 0 Å². The van der Waals surface area contributed by atoms with Crippen molar-refractivity contribution in [1.29, 1.82) is 0 Å². The lowest BCUT2D eigenvalue weighted by molar-refractivity contribution is -0.136. The van der Waals surface area contributed by atoms with Crippen LogP contribution in [0, 0.1) is 5.92 Å². The molecule has 0 aromatic rings. The number of carbonyl (C=O) groups excluding carboxylic acids is 1. The zero-order valence-corrected chi connectivity index (χ0v) is 12.0.